The van der Waals surface area contributed by atoms with Crippen molar-refractivity contribution >= 4 is 44.4 Å². The van der Waals surface area contributed by atoms with Crippen molar-refractivity contribution in [3.63, 3.8) is 0 Å². The van der Waals surface area contributed by atoms with Crippen molar-refractivity contribution < 1.29 is 4.21 Å². The highest BCUT2D eigenvalue weighted by molar-refractivity contribution is 7.86. The smallest absolute Gasteiger partial charge is 0.167 e. The summed E-state index contributed by atoms with van der Waals surface area (Å²) in [6.07, 6.45) is 9.66. The quantitative estimate of drug-likeness (QED) is 0.304. The van der Waals surface area contributed by atoms with Crippen molar-refractivity contribution in [1.29, 1.82) is 0 Å². The number of aromatic nitrogens is 5. The normalized spacial score (nSPS) is 15.4. The summed E-state index contributed by atoms with van der Waals surface area (Å²) in [7, 11) is 0.869. The maximum Gasteiger partial charge on any atom is 0.167 e. The minimum Gasteiger partial charge on any atom is -0.352 e. The van der Waals surface area contributed by atoms with E-state index in [4.69, 9.17) is 10.7 Å². The number of aryl methyl sites for hydroxylation is 2. The minimum atomic E-state index is -1.02. The van der Waals surface area contributed by atoms with Gasteiger partial charge in [-0.05, 0) is 30.9 Å². The summed E-state index contributed by atoms with van der Waals surface area (Å²) in [4.78, 5) is 7.18. The number of fused-ring (bicyclic) bond motifs is 1. The zero-order valence-corrected chi connectivity index (χ0v) is 25.5. The van der Waals surface area contributed by atoms with Crippen molar-refractivity contribution in [2.24, 2.45) is 18.7 Å². The molecule has 0 spiro atoms. The fraction of sp³-hybridized carbons (Fsp3) is 0.519. The lowest BCUT2D eigenvalue weighted by molar-refractivity contribution is 0.452. The van der Waals surface area contributed by atoms with Crippen molar-refractivity contribution in [3.05, 3.63) is 36.3 Å². The van der Waals surface area contributed by atoms with Crippen LogP contribution in [0.15, 0.2) is 34.9 Å². The molecule has 0 aliphatic carbocycles. The maximum atomic E-state index is 12.0. The molecule has 5 heterocycles. The predicted octanol–water partition coefficient (Wildman–Crippen LogP) is 5.60. The average molecular weight is 559 g/mol. The summed E-state index contributed by atoms with van der Waals surface area (Å²) < 4.78 is 16.4. The Bertz CT molecular complexity index is 1350. The lowest BCUT2D eigenvalue weighted by Gasteiger charge is -2.41. The highest BCUT2D eigenvalue weighted by atomic mass is 32.2. The van der Waals surface area contributed by atoms with Crippen molar-refractivity contribution in [1.82, 2.24) is 24.4 Å². The van der Waals surface area contributed by atoms with Crippen molar-refractivity contribution in [3.8, 4) is 11.1 Å². The van der Waals surface area contributed by atoms with Gasteiger partial charge in [-0.25, -0.2) is 4.98 Å². The van der Waals surface area contributed by atoms with E-state index in [0.29, 0.717) is 12.6 Å². The van der Waals surface area contributed by atoms with Crippen LogP contribution in [0.1, 0.15) is 53.0 Å². The molecule has 0 amide bonds. The average Bonchev–Trinajstić information content (AvgIpc) is 3.58. The summed E-state index contributed by atoms with van der Waals surface area (Å²) in [5.74, 6) is 2.55. The molecule has 1 aliphatic rings. The Balaban J connectivity index is 0.000000515. The van der Waals surface area contributed by atoms with Gasteiger partial charge in [-0.15, -0.1) is 11.3 Å². The molecule has 1 saturated heterocycles. The lowest BCUT2D eigenvalue weighted by Crippen LogP contribution is -2.52. The minimum absolute atomic E-state index is 0.297. The fourth-order valence-corrected chi connectivity index (χ4v) is 5.94. The van der Waals surface area contributed by atoms with E-state index in [0.717, 1.165) is 62.1 Å². The molecule has 1 fully saturated rings. The molecule has 0 bridgehead atoms. The first-order chi connectivity index (χ1) is 18.2. The molecule has 208 valence electrons. The monoisotopic (exact) mass is 558 g/mol. The van der Waals surface area contributed by atoms with Crippen LogP contribution in [0, 0.1) is 12.8 Å². The molecule has 2 unspecified atom stereocenters. The van der Waals surface area contributed by atoms with Gasteiger partial charge in [-0.3, -0.25) is 8.89 Å². The van der Waals surface area contributed by atoms with E-state index in [1.807, 2.05) is 58.5 Å². The van der Waals surface area contributed by atoms with Crippen molar-refractivity contribution in [2.45, 2.75) is 64.6 Å². The number of thiophene rings is 1. The van der Waals surface area contributed by atoms with Crippen LogP contribution in [0.5, 0.6) is 0 Å². The van der Waals surface area contributed by atoms with Gasteiger partial charge >= 0.3 is 0 Å². The SMILES string of the molecule is CC.CCC(C)C.Cc1cc(Nc2cc(N3CCC3CN)nc3c(-c4cnn(C)c4)cnn23)sc1S(C)=O. The largest absolute Gasteiger partial charge is 0.352 e. The molecule has 38 heavy (non-hydrogen) atoms. The molecule has 9 nitrogen and oxygen atoms in total. The van der Waals surface area contributed by atoms with Gasteiger partial charge in [0, 0.05) is 55.8 Å². The Kier molecular flexibility index (Phi) is 10.5. The molecule has 11 heteroatoms. The van der Waals surface area contributed by atoms with Crippen LogP contribution in [0.4, 0.5) is 16.6 Å². The standard InChI is InChI=1S/C20H24N8OS2.C5H12.C2H6/c1-12-6-18(30-20(12)31(3)29)24-17-7-16(27-5-4-14(27)8-21)25-19-15(10-23-28(17)19)13-9-22-26(2)11-13;1-4-5(2)3;1-2/h6-7,9-11,14,24H,4-5,8,21H2,1-3H3;5H,4H2,1-3H3;1-2H3. The van der Waals surface area contributed by atoms with Crippen LogP contribution >= 0.6 is 11.3 Å². The van der Waals surface area contributed by atoms with Gasteiger partial charge < -0.3 is 16.0 Å². The highest BCUT2D eigenvalue weighted by Gasteiger charge is 2.29. The summed E-state index contributed by atoms with van der Waals surface area (Å²) in [5, 5.41) is 13.3. The van der Waals surface area contributed by atoms with Crippen LogP contribution in [-0.2, 0) is 17.8 Å². The maximum absolute atomic E-state index is 12.0. The first kappa shape index (κ1) is 29.8. The van der Waals surface area contributed by atoms with Crippen LogP contribution in [0.25, 0.3) is 16.8 Å². The van der Waals surface area contributed by atoms with Gasteiger partial charge in [0.15, 0.2) is 5.65 Å². The number of nitrogens with zero attached hydrogens (tertiary/aromatic N) is 6. The molecular weight excluding hydrogens is 516 g/mol. The summed E-state index contributed by atoms with van der Waals surface area (Å²) in [6, 6.07) is 4.32. The number of hydrogen-bond acceptors (Lipinski definition) is 8. The summed E-state index contributed by atoms with van der Waals surface area (Å²) >= 11 is 1.50. The molecule has 2 atom stereocenters. The number of anilines is 3. The van der Waals surface area contributed by atoms with E-state index in [9.17, 15) is 4.21 Å². The second-order valence-corrected chi connectivity index (χ2v) is 12.2. The van der Waals surface area contributed by atoms with Crippen LogP contribution < -0.4 is 16.0 Å². The van der Waals surface area contributed by atoms with E-state index in [1.54, 1.807) is 15.5 Å². The third-order valence-corrected chi connectivity index (χ3v) is 9.13. The molecule has 0 saturated carbocycles. The zero-order chi connectivity index (χ0) is 28.0. The highest BCUT2D eigenvalue weighted by Crippen LogP contribution is 2.35. The fourth-order valence-electron chi connectivity index (χ4n) is 3.88. The number of nitrogens with one attached hydrogen (secondary N) is 1. The Morgan fingerprint density at radius 3 is 2.45 bits per heavy atom. The summed E-state index contributed by atoms with van der Waals surface area (Å²) in [5.41, 5.74) is 9.59. The van der Waals surface area contributed by atoms with E-state index in [1.165, 1.54) is 17.8 Å². The second-order valence-electron chi connectivity index (χ2n) is 9.53. The first-order valence-electron chi connectivity index (χ1n) is 13.3. The Morgan fingerprint density at radius 2 is 1.95 bits per heavy atom. The van der Waals surface area contributed by atoms with Gasteiger partial charge in [-0.2, -0.15) is 14.7 Å². The summed E-state index contributed by atoms with van der Waals surface area (Å²) in [6.45, 7) is 14.1. The van der Waals surface area contributed by atoms with Gasteiger partial charge in [-0.1, -0.05) is 41.0 Å². The molecule has 0 aromatic carbocycles. The number of rotatable bonds is 7. The number of hydrogen-bond donors (Lipinski definition) is 2. The van der Waals surface area contributed by atoms with Gasteiger partial charge in [0.05, 0.1) is 32.4 Å². The molecule has 4 aromatic heterocycles. The predicted molar refractivity (Wildman–Crippen MR) is 161 cm³/mol. The Hall–Kier alpha value is -2.76. The van der Waals surface area contributed by atoms with E-state index in [-0.39, 0.29) is 0 Å². The molecule has 1 aliphatic heterocycles. The lowest BCUT2D eigenvalue weighted by atomic mass is 10.0. The van der Waals surface area contributed by atoms with Crippen LogP contribution in [-0.4, -0.2) is 54.0 Å². The molecule has 5 rings (SSSR count). The third kappa shape index (κ3) is 6.62. The number of nitrogens with two attached hydrogens (primary N) is 1. The van der Waals surface area contributed by atoms with E-state index >= 15 is 0 Å². The van der Waals surface area contributed by atoms with Gasteiger partial charge in [0.25, 0.3) is 0 Å². The molecule has 3 N–H and O–H groups in total. The van der Waals surface area contributed by atoms with Crippen LogP contribution in [0.2, 0.25) is 0 Å². The van der Waals surface area contributed by atoms with E-state index < -0.39 is 10.8 Å². The topological polar surface area (TPSA) is 106 Å². The third-order valence-electron chi connectivity index (χ3n) is 6.39. The Morgan fingerprint density at radius 1 is 1.24 bits per heavy atom. The van der Waals surface area contributed by atoms with Crippen molar-refractivity contribution in [2.75, 3.05) is 29.6 Å². The van der Waals surface area contributed by atoms with E-state index in [2.05, 4.69) is 41.2 Å². The first-order valence-corrected chi connectivity index (χ1v) is 15.6. The molecule has 4 aromatic rings. The molecule has 0 radical (unpaired) electrons. The van der Waals surface area contributed by atoms with Gasteiger partial charge in [0.2, 0.25) is 0 Å². The zero-order valence-electron chi connectivity index (χ0n) is 23.9. The van der Waals surface area contributed by atoms with Gasteiger partial charge in [0.1, 0.15) is 11.6 Å². The molecular formula is C27H42N8OS2. The Labute approximate surface area is 232 Å². The second kappa shape index (κ2) is 13.3. The van der Waals surface area contributed by atoms with Crippen LogP contribution in [0.3, 0.4) is 0 Å².